The average molecular weight is 189 g/mol. The van der Waals surface area contributed by atoms with Crippen molar-refractivity contribution in [3.8, 4) is 0 Å². The van der Waals surface area contributed by atoms with E-state index in [0.717, 1.165) is 19.3 Å². The van der Waals surface area contributed by atoms with Gasteiger partial charge in [0.25, 0.3) is 0 Å². The lowest BCUT2D eigenvalue weighted by atomic mass is 10.1. The summed E-state index contributed by atoms with van der Waals surface area (Å²) in [6.07, 6.45) is 3.28. The molecule has 0 spiro atoms. The number of hydrogen-bond acceptors (Lipinski definition) is 2. The fourth-order valence-corrected chi connectivity index (χ4v) is 0.526. The molecule has 0 atom stereocenters. The smallest absolute Gasteiger partial charge is 0.303 e. The fourth-order valence-electron chi connectivity index (χ4n) is 0.526. The van der Waals surface area contributed by atoms with Gasteiger partial charge in [-0.3, -0.25) is 4.79 Å². The maximum absolute atomic E-state index is 9.87. The van der Waals surface area contributed by atoms with Gasteiger partial charge in [0.2, 0.25) is 0 Å². The Morgan fingerprint density at radius 1 is 1.31 bits per heavy atom. The monoisotopic (exact) mass is 189 g/mol. The minimum atomic E-state index is -0.682. The summed E-state index contributed by atoms with van der Waals surface area (Å²) in [6, 6.07) is 0. The molecule has 0 heterocycles. The predicted octanol–water partition coefficient (Wildman–Crippen LogP) is 2.39. The quantitative estimate of drug-likeness (QED) is 0.667. The minimum absolute atomic E-state index is 0. The van der Waals surface area contributed by atoms with Gasteiger partial charge in [-0.05, 0) is 27.2 Å². The van der Waals surface area contributed by atoms with E-state index >= 15 is 0 Å². The summed E-state index contributed by atoms with van der Waals surface area (Å²) >= 11 is 0. The van der Waals surface area contributed by atoms with Gasteiger partial charge in [-0.1, -0.05) is 19.8 Å². The summed E-state index contributed by atoms with van der Waals surface area (Å²) in [5.41, 5.74) is 5.35. The fraction of sp³-hybridized carbons (Fsp3) is 0.900. The molecule has 3 heteroatoms. The molecule has 0 fully saturated rings. The van der Waals surface area contributed by atoms with Crippen molar-refractivity contribution in [3.63, 3.8) is 0 Å². The van der Waals surface area contributed by atoms with Crippen LogP contribution in [0.25, 0.3) is 0 Å². The number of hydrogen-bond donors (Lipinski definition) is 2. The molecule has 0 radical (unpaired) electrons. The van der Waals surface area contributed by atoms with Crippen LogP contribution < -0.4 is 5.73 Å². The highest BCUT2D eigenvalue weighted by atomic mass is 16.4. The van der Waals surface area contributed by atoms with Crippen molar-refractivity contribution in [1.82, 2.24) is 0 Å². The SMILES string of the molecule is CC(C)(C)N.CCCCCC(=O)O. The molecule has 0 saturated heterocycles. The zero-order valence-corrected chi connectivity index (χ0v) is 9.26. The van der Waals surface area contributed by atoms with Crippen molar-refractivity contribution in [2.24, 2.45) is 5.73 Å². The molecule has 0 aromatic heterocycles. The third-order valence-corrected chi connectivity index (χ3v) is 0.994. The molecule has 0 aliphatic carbocycles. The first kappa shape index (κ1) is 14.9. The predicted molar refractivity (Wildman–Crippen MR) is 55.7 cm³/mol. The van der Waals surface area contributed by atoms with E-state index in [1.807, 2.05) is 20.8 Å². The first-order chi connectivity index (χ1) is 5.77. The highest BCUT2D eigenvalue weighted by Crippen LogP contribution is 1.97. The Balaban J connectivity index is 0. The molecule has 0 amide bonds. The number of carbonyl (C=O) groups is 1. The summed E-state index contributed by atoms with van der Waals surface area (Å²) in [5, 5.41) is 8.14. The number of carboxylic acids is 1. The Morgan fingerprint density at radius 2 is 1.69 bits per heavy atom. The van der Waals surface area contributed by atoms with Gasteiger partial charge < -0.3 is 10.8 Å². The number of nitrogens with two attached hydrogens (primary N) is 1. The van der Waals surface area contributed by atoms with E-state index in [2.05, 4.69) is 6.92 Å². The Morgan fingerprint density at radius 3 is 1.92 bits per heavy atom. The molecular weight excluding hydrogens is 166 g/mol. The molecule has 0 aromatic carbocycles. The van der Waals surface area contributed by atoms with Gasteiger partial charge in [0.15, 0.2) is 0 Å². The highest BCUT2D eigenvalue weighted by Gasteiger charge is 1.95. The molecule has 0 aliphatic rings. The van der Waals surface area contributed by atoms with Crippen molar-refractivity contribution in [3.05, 3.63) is 0 Å². The van der Waals surface area contributed by atoms with Gasteiger partial charge in [0.1, 0.15) is 0 Å². The minimum Gasteiger partial charge on any atom is -0.481 e. The maximum atomic E-state index is 9.87. The second-order valence-electron chi connectivity index (χ2n) is 4.22. The van der Waals surface area contributed by atoms with Crippen LogP contribution >= 0.6 is 0 Å². The van der Waals surface area contributed by atoms with Gasteiger partial charge in [-0.2, -0.15) is 0 Å². The standard InChI is InChI=1S/C6H12O2.C4H11N/c1-2-3-4-5-6(7)8;1-4(2,3)5/h2-5H2,1H3,(H,7,8);5H2,1-3H3. The summed E-state index contributed by atoms with van der Waals surface area (Å²) in [5.74, 6) is -0.682. The van der Waals surface area contributed by atoms with Crippen molar-refractivity contribution < 1.29 is 9.90 Å². The van der Waals surface area contributed by atoms with Crippen LogP contribution in [0.5, 0.6) is 0 Å². The number of rotatable bonds is 4. The normalized spacial score (nSPS) is 10.2. The molecule has 0 aromatic rings. The first-order valence-electron chi connectivity index (χ1n) is 4.78. The number of carboxylic acid groups (broad SMARTS) is 1. The largest absolute Gasteiger partial charge is 0.481 e. The lowest BCUT2D eigenvalue weighted by molar-refractivity contribution is -0.137. The summed E-state index contributed by atoms with van der Waals surface area (Å²) in [7, 11) is 0. The van der Waals surface area contributed by atoms with Crippen molar-refractivity contribution in [1.29, 1.82) is 0 Å². The molecule has 0 bridgehead atoms. The lowest BCUT2D eigenvalue weighted by Crippen LogP contribution is -2.26. The van der Waals surface area contributed by atoms with Crippen LogP contribution in [0, 0.1) is 0 Å². The van der Waals surface area contributed by atoms with E-state index in [4.69, 9.17) is 10.8 Å². The highest BCUT2D eigenvalue weighted by molar-refractivity contribution is 5.66. The second kappa shape index (κ2) is 8.05. The molecule has 0 unspecified atom stereocenters. The van der Waals surface area contributed by atoms with Crippen molar-refractivity contribution >= 4 is 5.97 Å². The van der Waals surface area contributed by atoms with Gasteiger partial charge in [0, 0.05) is 12.0 Å². The molecule has 0 aliphatic heterocycles. The Labute approximate surface area is 81.3 Å². The molecule has 3 N–H and O–H groups in total. The van der Waals surface area contributed by atoms with Crippen LogP contribution in [-0.2, 0) is 4.79 Å². The Bertz CT molecular complexity index is 121. The summed E-state index contributed by atoms with van der Waals surface area (Å²) in [6.45, 7) is 7.95. The average Bonchev–Trinajstić information content (AvgIpc) is 1.83. The van der Waals surface area contributed by atoms with Gasteiger partial charge >= 0.3 is 5.97 Å². The molecule has 0 rings (SSSR count). The third-order valence-electron chi connectivity index (χ3n) is 0.994. The van der Waals surface area contributed by atoms with Crippen molar-refractivity contribution in [2.45, 2.75) is 58.9 Å². The van der Waals surface area contributed by atoms with E-state index in [1.165, 1.54) is 0 Å². The third kappa shape index (κ3) is 51.8. The molecule has 0 saturated carbocycles. The number of aliphatic carboxylic acids is 1. The van der Waals surface area contributed by atoms with Crippen LogP contribution in [0.2, 0.25) is 0 Å². The second-order valence-corrected chi connectivity index (χ2v) is 4.22. The van der Waals surface area contributed by atoms with E-state index in [0.29, 0.717) is 6.42 Å². The Kier molecular flexibility index (Phi) is 9.24. The van der Waals surface area contributed by atoms with Crippen LogP contribution in [0.4, 0.5) is 0 Å². The van der Waals surface area contributed by atoms with E-state index < -0.39 is 5.97 Å². The van der Waals surface area contributed by atoms with Gasteiger partial charge in [-0.15, -0.1) is 0 Å². The zero-order valence-electron chi connectivity index (χ0n) is 9.26. The van der Waals surface area contributed by atoms with Crippen LogP contribution in [0.3, 0.4) is 0 Å². The van der Waals surface area contributed by atoms with E-state index in [9.17, 15) is 4.79 Å². The van der Waals surface area contributed by atoms with Crippen LogP contribution in [0.15, 0.2) is 0 Å². The maximum Gasteiger partial charge on any atom is 0.303 e. The first-order valence-corrected chi connectivity index (χ1v) is 4.78. The van der Waals surface area contributed by atoms with Crippen LogP contribution in [-0.4, -0.2) is 16.6 Å². The molecule has 13 heavy (non-hydrogen) atoms. The van der Waals surface area contributed by atoms with E-state index in [1.54, 1.807) is 0 Å². The number of unbranched alkanes of at least 4 members (excludes halogenated alkanes) is 2. The molecular formula is C10H23NO2. The van der Waals surface area contributed by atoms with E-state index in [-0.39, 0.29) is 5.54 Å². The summed E-state index contributed by atoms with van der Waals surface area (Å²) < 4.78 is 0. The lowest BCUT2D eigenvalue weighted by Gasteiger charge is -2.06. The molecule has 80 valence electrons. The van der Waals surface area contributed by atoms with Crippen LogP contribution in [0.1, 0.15) is 53.4 Å². The van der Waals surface area contributed by atoms with Gasteiger partial charge in [0.05, 0.1) is 0 Å². The van der Waals surface area contributed by atoms with Gasteiger partial charge in [-0.25, -0.2) is 0 Å². The Hall–Kier alpha value is -0.570. The topological polar surface area (TPSA) is 63.3 Å². The zero-order chi connectivity index (χ0) is 10.9. The summed E-state index contributed by atoms with van der Waals surface area (Å²) in [4.78, 5) is 9.87. The van der Waals surface area contributed by atoms with Crippen molar-refractivity contribution in [2.75, 3.05) is 0 Å². The molecule has 3 nitrogen and oxygen atoms in total.